The molecule has 0 bridgehead atoms. The van der Waals surface area contributed by atoms with E-state index in [0.29, 0.717) is 18.8 Å². The molecule has 0 aliphatic carbocycles. The molecule has 128 valence electrons. The van der Waals surface area contributed by atoms with Crippen molar-refractivity contribution in [3.63, 3.8) is 0 Å². The molecule has 0 saturated carbocycles. The van der Waals surface area contributed by atoms with Crippen LogP contribution in [-0.4, -0.2) is 43.7 Å². The molecule has 0 unspecified atom stereocenters. The first-order valence-electron chi connectivity index (χ1n) is 7.88. The van der Waals surface area contributed by atoms with Gasteiger partial charge in [-0.15, -0.1) is 10.2 Å². The number of hydrogen-bond acceptors (Lipinski definition) is 5. The maximum atomic E-state index is 11.8. The number of rotatable bonds is 9. The molecule has 0 spiro atoms. The van der Waals surface area contributed by atoms with Gasteiger partial charge in [0.2, 0.25) is 11.7 Å². The summed E-state index contributed by atoms with van der Waals surface area (Å²) in [7, 11) is 0. The fourth-order valence-corrected chi connectivity index (χ4v) is 2.12. The SMILES string of the molecule is Cc1ccc(-c2nnn(CC(=O)NCCCCCC(=O)O)n2)cc1. The predicted octanol–water partition coefficient (Wildman–Crippen LogP) is 1.41. The number of aliphatic carboxylic acids is 1. The molecule has 8 nitrogen and oxygen atoms in total. The van der Waals surface area contributed by atoms with Crippen LogP contribution in [0, 0.1) is 6.92 Å². The number of unbranched alkanes of at least 4 members (excludes halogenated alkanes) is 2. The van der Waals surface area contributed by atoms with Crippen molar-refractivity contribution in [2.75, 3.05) is 6.54 Å². The Bertz CT molecular complexity index is 681. The lowest BCUT2D eigenvalue weighted by molar-refractivity contribution is -0.137. The van der Waals surface area contributed by atoms with Gasteiger partial charge >= 0.3 is 5.97 Å². The Morgan fingerprint density at radius 3 is 2.62 bits per heavy atom. The van der Waals surface area contributed by atoms with E-state index in [2.05, 4.69) is 20.7 Å². The van der Waals surface area contributed by atoms with Crippen LogP contribution in [0.5, 0.6) is 0 Å². The molecule has 2 aromatic rings. The summed E-state index contributed by atoms with van der Waals surface area (Å²) < 4.78 is 0. The zero-order valence-electron chi connectivity index (χ0n) is 13.6. The smallest absolute Gasteiger partial charge is 0.303 e. The van der Waals surface area contributed by atoms with Crippen molar-refractivity contribution in [1.29, 1.82) is 0 Å². The highest BCUT2D eigenvalue weighted by Gasteiger charge is 2.09. The standard InChI is InChI=1S/C16H21N5O3/c1-12-6-8-13(9-7-12)16-18-20-21(19-16)11-14(22)17-10-4-2-3-5-15(23)24/h6-9H,2-5,10-11H2,1H3,(H,17,22)(H,23,24). The van der Waals surface area contributed by atoms with Crippen LogP contribution in [0.2, 0.25) is 0 Å². The van der Waals surface area contributed by atoms with E-state index in [9.17, 15) is 9.59 Å². The zero-order valence-corrected chi connectivity index (χ0v) is 13.6. The van der Waals surface area contributed by atoms with Gasteiger partial charge in [0.15, 0.2) is 0 Å². The monoisotopic (exact) mass is 331 g/mol. The van der Waals surface area contributed by atoms with E-state index in [4.69, 9.17) is 5.11 Å². The molecule has 1 aromatic heterocycles. The van der Waals surface area contributed by atoms with Crippen LogP contribution in [0.15, 0.2) is 24.3 Å². The van der Waals surface area contributed by atoms with Crippen LogP contribution in [0.4, 0.5) is 0 Å². The number of amides is 1. The summed E-state index contributed by atoms with van der Waals surface area (Å²) in [5.74, 6) is -0.502. The number of nitrogens with zero attached hydrogens (tertiary/aromatic N) is 4. The van der Waals surface area contributed by atoms with Crippen LogP contribution in [-0.2, 0) is 16.1 Å². The topological polar surface area (TPSA) is 110 Å². The highest BCUT2D eigenvalue weighted by Crippen LogP contribution is 2.13. The van der Waals surface area contributed by atoms with E-state index in [1.807, 2.05) is 31.2 Å². The Hall–Kier alpha value is -2.77. The fourth-order valence-electron chi connectivity index (χ4n) is 2.12. The van der Waals surface area contributed by atoms with Gasteiger partial charge in [0.25, 0.3) is 0 Å². The number of carbonyl (C=O) groups excluding carboxylic acids is 1. The first-order valence-corrected chi connectivity index (χ1v) is 7.88. The molecular formula is C16H21N5O3. The van der Waals surface area contributed by atoms with Crippen molar-refractivity contribution in [2.24, 2.45) is 0 Å². The molecule has 0 aliphatic rings. The van der Waals surface area contributed by atoms with Gasteiger partial charge in [-0.2, -0.15) is 4.80 Å². The van der Waals surface area contributed by atoms with Crippen molar-refractivity contribution >= 4 is 11.9 Å². The molecule has 0 aliphatic heterocycles. The summed E-state index contributed by atoms with van der Waals surface area (Å²) in [4.78, 5) is 23.4. The molecule has 0 radical (unpaired) electrons. The summed E-state index contributed by atoms with van der Waals surface area (Å²) in [6.07, 6.45) is 2.30. The average Bonchev–Trinajstić information content (AvgIpc) is 2.99. The molecule has 2 rings (SSSR count). The minimum atomic E-state index is -0.791. The van der Waals surface area contributed by atoms with Crippen LogP contribution in [0.3, 0.4) is 0 Å². The first-order chi connectivity index (χ1) is 11.5. The van der Waals surface area contributed by atoms with Crippen molar-refractivity contribution in [3.05, 3.63) is 29.8 Å². The van der Waals surface area contributed by atoms with Gasteiger partial charge in [-0.1, -0.05) is 36.2 Å². The van der Waals surface area contributed by atoms with E-state index in [1.165, 1.54) is 4.80 Å². The van der Waals surface area contributed by atoms with Gasteiger partial charge in [0.1, 0.15) is 6.54 Å². The largest absolute Gasteiger partial charge is 0.481 e. The summed E-state index contributed by atoms with van der Waals surface area (Å²) in [6.45, 7) is 2.52. The second-order valence-electron chi connectivity index (χ2n) is 5.56. The van der Waals surface area contributed by atoms with Gasteiger partial charge in [-0.05, 0) is 25.0 Å². The van der Waals surface area contributed by atoms with E-state index in [1.54, 1.807) is 0 Å². The number of aryl methyl sites for hydroxylation is 1. The highest BCUT2D eigenvalue weighted by molar-refractivity contribution is 5.75. The van der Waals surface area contributed by atoms with Crippen molar-refractivity contribution < 1.29 is 14.7 Å². The Morgan fingerprint density at radius 2 is 1.92 bits per heavy atom. The molecule has 0 atom stereocenters. The number of aromatic nitrogens is 4. The number of nitrogens with one attached hydrogen (secondary N) is 1. The summed E-state index contributed by atoms with van der Waals surface area (Å²) >= 11 is 0. The third-order valence-corrected chi connectivity index (χ3v) is 3.44. The van der Waals surface area contributed by atoms with Gasteiger partial charge in [0, 0.05) is 18.5 Å². The van der Waals surface area contributed by atoms with Gasteiger partial charge in [-0.25, -0.2) is 0 Å². The van der Waals surface area contributed by atoms with Gasteiger partial charge in [0.05, 0.1) is 0 Å². The summed E-state index contributed by atoms with van der Waals surface area (Å²) in [5.41, 5.74) is 2.00. The van der Waals surface area contributed by atoms with E-state index < -0.39 is 5.97 Å². The number of hydrogen-bond donors (Lipinski definition) is 2. The Kier molecular flexibility index (Phi) is 6.41. The maximum Gasteiger partial charge on any atom is 0.303 e. The van der Waals surface area contributed by atoms with Crippen LogP contribution in [0.1, 0.15) is 31.2 Å². The third kappa shape index (κ3) is 5.79. The quantitative estimate of drug-likeness (QED) is 0.672. The Labute approximate surface area is 139 Å². The lowest BCUT2D eigenvalue weighted by Gasteiger charge is -2.03. The van der Waals surface area contributed by atoms with E-state index >= 15 is 0 Å². The van der Waals surface area contributed by atoms with Gasteiger partial charge < -0.3 is 10.4 Å². The zero-order chi connectivity index (χ0) is 17.4. The van der Waals surface area contributed by atoms with Crippen LogP contribution < -0.4 is 5.32 Å². The molecule has 0 fully saturated rings. The molecule has 24 heavy (non-hydrogen) atoms. The molecule has 1 heterocycles. The van der Waals surface area contributed by atoms with E-state index in [0.717, 1.165) is 24.0 Å². The number of carbonyl (C=O) groups is 2. The lowest BCUT2D eigenvalue weighted by Crippen LogP contribution is -2.29. The summed E-state index contributed by atoms with van der Waals surface area (Å²) in [6, 6.07) is 7.75. The predicted molar refractivity (Wildman–Crippen MR) is 87.1 cm³/mol. The molecule has 8 heteroatoms. The third-order valence-electron chi connectivity index (χ3n) is 3.44. The normalized spacial score (nSPS) is 10.5. The lowest BCUT2D eigenvalue weighted by atomic mass is 10.1. The first kappa shape index (κ1) is 17.6. The minimum Gasteiger partial charge on any atom is -0.481 e. The van der Waals surface area contributed by atoms with Crippen LogP contribution in [0.25, 0.3) is 11.4 Å². The van der Waals surface area contributed by atoms with E-state index in [-0.39, 0.29) is 18.9 Å². The summed E-state index contributed by atoms with van der Waals surface area (Å²) in [5, 5.41) is 23.3. The molecule has 0 saturated heterocycles. The number of carboxylic acids is 1. The minimum absolute atomic E-state index is 0.00792. The van der Waals surface area contributed by atoms with Crippen LogP contribution >= 0.6 is 0 Å². The molecule has 1 aromatic carbocycles. The average molecular weight is 331 g/mol. The van der Waals surface area contributed by atoms with Crippen molar-refractivity contribution in [3.8, 4) is 11.4 Å². The molecular weight excluding hydrogens is 310 g/mol. The second-order valence-corrected chi connectivity index (χ2v) is 5.56. The molecule has 1 amide bonds. The Balaban J connectivity index is 1.72. The number of carboxylic acid groups (broad SMARTS) is 1. The Morgan fingerprint density at radius 1 is 1.17 bits per heavy atom. The second kappa shape index (κ2) is 8.76. The fraction of sp³-hybridized carbons (Fsp3) is 0.438. The maximum absolute atomic E-state index is 11.8. The highest BCUT2D eigenvalue weighted by atomic mass is 16.4. The van der Waals surface area contributed by atoms with Gasteiger partial charge in [-0.3, -0.25) is 9.59 Å². The molecule has 2 N–H and O–H groups in total. The van der Waals surface area contributed by atoms with Crippen molar-refractivity contribution in [1.82, 2.24) is 25.5 Å². The number of tetrazole rings is 1. The number of benzene rings is 1. The van der Waals surface area contributed by atoms with Crippen molar-refractivity contribution in [2.45, 2.75) is 39.2 Å².